The second-order valence-corrected chi connectivity index (χ2v) is 4.56. The van der Waals surface area contributed by atoms with E-state index in [0.717, 1.165) is 22.2 Å². The molecule has 2 heterocycles. The van der Waals surface area contributed by atoms with E-state index in [1.54, 1.807) is 11.8 Å². The maximum Gasteiger partial charge on any atom is 1.00 e. The minimum absolute atomic E-state index is 0. The molecule has 7 heteroatoms. The average Bonchev–Trinajstić information content (AvgIpc) is 2.67. The zero-order valence-corrected chi connectivity index (χ0v) is 13.0. The van der Waals surface area contributed by atoms with E-state index in [-0.39, 0.29) is 35.0 Å². The molecule has 3 rings (SSSR count). The van der Waals surface area contributed by atoms with Crippen molar-refractivity contribution in [3.05, 3.63) is 24.3 Å². The SMILES string of the molecule is CCSc1nnc2c(n1)[n-]c1ccccc12.O.[Na+]. The summed E-state index contributed by atoms with van der Waals surface area (Å²) in [7, 11) is 0. The standard InChI is InChI=1S/C11H9N4S.Na.H2O/c1-2-16-11-13-10-9(14-15-11)7-5-3-4-6-8(7)12-10;;/h3-6H,2H2,1H3;;1H2/q-1;+1;. The Morgan fingerprint density at radius 1 is 1.22 bits per heavy atom. The number of nitrogens with zero attached hydrogens (tertiary/aromatic N) is 4. The molecule has 0 aliphatic rings. The summed E-state index contributed by atoms with van der Waals surface area (Å²) in [5, 5.41) is 9.98. The van der Waals surface area contributed by atoms with E-state index in [4.69, 9.17) is 0 Å². The Morgan fingerprint density at radius 3 is 2.78 bits per heavy atom. The van der Waals surface area contributed by atoms with Gasteiger partial charge in [-0.1, -0.05) is 31.2 Å². The molecule has 88 valence electrons. The normalized spacial score (nSPS) is 10.1. The van der Waals surface area contributed by atoms with E-state index in [0.29, 0.717) is 10.8 Å². The van der Waals surface area contributed by atoms with Gasteiger partial charge < -0.3 is 15.4 Å². The molecule has 0 fully saturated rings. The van der Waals surface area contributed by atoms with E-state index in [2.05, 4.69) is 27.1 Å². The van der Waals surface area contributed by atoms with Crippen LogP contribution in [0, 0.1) is 0 Å². The van der Waals surface area contributed by atoms with Crippen LogP contribution >= 0.6 is 11.8 Å². The second kappa shape index (κ2) is 6.49. The summed E-state index contributed by atoms with van der Waals surface area (Å²) in [6.45, 7) is 2.06. The Morgan fingerprint density at radius 2 is 2.00 bits per heavy atom. The monoisotopic (exact) mass is 270 g/mol. The van der Waals surface area contributed by atoms with Gasteiger partial charge in [-0.3, -0.25) is 0 Å². The smallest absolute Gasteiger partial charge is 0.434 e. The quantitative estimate of drug-likeness (QED) is 0.415. The van der Waals surface area contributed by atoms with Gasteiger partial charge in [0.1, 0.15) is 5.16 Å². The zero-order chi connectivity index (χ0) is 11.0. The van der Waals surface area contributed by atoms with Crippen molar-refractivity contribution in [2.24, 2.45) is 0 Å². The third-order valence-corrected chi connectivity index (χ3v) is 3.03. The van der Waals surface area contributed by atoms with Gasteiger partial charge in [0.05, 0.1) is 5.52 Å². The predicted molar refractivity (Wildman–Crippen MR) is 68.2 cm³/mol. The van der Waals surface area contributed by atoms with Crippen molar-refractivity contribution in [2.45, 2.75) is 12.1 Å². The van der Waals surface area contributed by atoms with Gasteiger partial charge in [0.15, 0.2) is 0 Å². The molecule has 0 saturated carbocycles. The van der Waals surface area contributed by atoms with Gasteiger partial charge in [-0.05, 0) is 16.9 Å². The van der Waals surface area contributed by atoms with Gasteiger partial charge >= 0.3 is 29.6 Å². The molecule has 0 bridgehead atoms. The van der Waals surface area contributed by atoms with Crippen LogP contribution in [0.3, 0.4) is 0 Å². The Kier molecular flexibility index (Phi) is 5.55. The first-order valence-corrected chi connectivity index (χ1v) is 6.05. The van der Waals surface area contributed by atoms with E-state index >= 15 is 0 Å². The van der Waals surface area contributed by atoms with Crippen molar-refractivity contribution in [3.63, 3.8) is 0 Å². The van der Waals surface area contributed by atoms with E-state index < -0.39 is 0 Å². The van der Waals surface area contributed by atoms with Crippen LogP contribution in [-0.2, 0) is 0 Å². The van der Waals surface area contributed by atoms with Crippen LogP contribution in [0.25, 0.3) is 22.1 Å². The molecule has 0 unspecified atom stereocenters. The number of hydrogen-bond acceptors (Lipinski definition) is 4. The first-order chi connectivity index (χ1) is 7.88. The molecule has 0 atom stereocenters. The molecule has 0 radical (unpaired) electrons. The van der Waals surface area contributed by atoms with Crippen molar-refractivity contribution in [2.75, 3.05) is 5.75 Å². The van der Waals surface area contributed by atoms with Crippen LogP contribution in [0.15, 0.2) is 29.4 Å². The molecule has 0 aliphatic heterocycles. The van der Waals surface area contributed by atoms with Gasteiger partial charge in [0.2, 0.25) is 0 Å². The number of para-hydroxylation sites is 1. The Labute approximate surface area is 130 Å². The van der Waals surface area contributed by atoms with Crippen molar-refractivity contribution < 1.29 is 35.0 Å². The van der Waals surface area contributed by atoms with Gasteiger partial charge in [-0.15, -0.1) is 22.0 Å². The van der Waals surface area contributed by atoms with Crippen LogP contribution < -0.4 is 34.5 Å². The predicted octanol–water partition coefficient (Wildman–Crippen LogP) is -1.57. The number of benzene rings is 1. The van der Waals surface area contributed by atoms with Gasteiger partial charge in [0, 0.05) is 5.39 Å². The molecule has 0 amide bonds. The van der Waals surface area contributed by atoms with Gasteiger partial charge in [0.25, 0.3) is 0 Å². The fourth-order valence-electron chi connectivity index (χ4n) is 1.63. The first kappa shape index (κ1) is 15.4. The molecule has 1 aromatic carbocycles. The number of hydrogen-bond donors (Lipinski definition) is 0. The van der Waals surface area contributed by atoms with E-state index in [9.17, 15) is 0 Å². The summed E-state index contributed by atoms with van der Waals surface area (Å²) >= 11 is 1.58. The molecule has 3 aromatic rings. The number of fused-ring (bicyclic) bond motifs is 3. The summed E-state index contributed by atoms with van der Waals surface area (Å²) in [6, 6.07) is 7.89. The topological polar surface area (TPSA) is 84.3 Å². The fourth-order valence-corrected chi connectivity index (χ4v) is 2.14. The molecule has 18 heavy (non-hydrogen) atoms. The molecule has 0 saturated heterocycles. The Balaban J connectivity index is 0.000000810. The van der Waals surface area contributed by atoms with Gasteiger partial charge in [-0.25, -0.2) is 0 Å². The minimum Gasteiger partial charge on any atom is -0.434 e. The third-order valence-electron chi connectivity index (χ3n) is 2.31. The van der Waals surface area contributed by atoms with Crippen molar-refractivity contribution in [1.29, 1.82) is 0 Å². The zero-order valence-electron chi connectivity index (χ0n) is 10.2. The Bertz CT molecular complexity index is 658. The van der Waals surface area contributed by atoms with Crippen LogP contribution in [-0.4, -0.2) is 26.4 Å². The van der Waals surface area contributed by atoms with Crippen molar-refractivity contribution in [1.82, 2.24) is 20.2 Å². The van der Waals surface area contributed by atoms with Crippen molar-refractivity contribution in [3.8, 4) is 0 Å². The van der Waals surface area contributed by atoms with E-state index in [1.807, 2.05) is 24.3 Å². The van der Waals surface area contributed by atoms with Crippen LogP contribution in [0.5, 0.6) is 0 Å². The summed E-state index contributed by atoms with van der Waals surface area (Å²) in [4.78, 5) is 8.81. The maximum absolute atomic E-state index is 4.43. The minimum atomic E-state index is 0. The molecule has 2 aromatic heterocycles. The van der Waals surface area contributed by atoms with Crippen LogP contribution in [0.2, 0.25) is 0 Å². The number of aromatic nitrogens is 4. The molecule has 0 spiro atoms. The fraction of sp³-hybridized carbons (Fsp3) is 0.182. The second-order valence-electron chi connectivity index (χ2n) is 3.33. The largest absolute Gasteiger partial charge is 1.00 e. The molecular weight excluding hydrogens is 259 g/mol. The molecule has 5 nitrogen and oxygen atoms in total. The molecule has 0 aliphatic carbocycles. The summed E-state index contributed by atoms with van der Waals surface area (Å²) in [6.07, 6.45) is 0. The molecular formula is C11H11N4NaOS. The number of thioether (sulfide) groups is 1. The Hall–Kier alpha value is -0.660. The van der Waals surface area contributed by atoms with Gasteiger partial charge in [-0.2, -0.15) is 0 Å². The summed E-state index contributed by atoms with van der Waals surface area (Å²) in [5.74, 6) is 0.938. The van der Waals surface area contributed by atoms with Crippen LogP contribution in [0.1, 0.15) is 6.92 Å². The molecule has 2 N–H and O–H groups in total. The summed E-state index contributed by atoms with van der Waals surface area (Å²) < 4.78 is 0. The van der Waals surface area contributed by atoms with Crippen molar-refractivity contribution >= 4 is 33.8 Å². The average molecular weight is 270 g/mol. The summed E-state index contributed by atoms with van der Waals surface area (Å²) in [5.41, 5.74) is 2.40. The maximum atomic E-state index is 4.43. The number of rotatable bonds is 2. The van der Waals surface area contributed by atoms with Crippen LogP contribution in [0.4, 0.5) is 0 Å². The first-order valence-electron chi connectivity index (χ1n) is 5.07. The van der Waals surface area contributed by atoms with E-state index in [1.165, 1.54) is 0 Å². The third kappa shape index (κ3) is 2.67.